The first kappa shape index (κ1) is 14.7. The summed E-state index contributed by atoms with van der Waals surface area (Å²) in [5, 5.41) is 19.8. The molecule has 0 bridgehead atoms. The van der Waals surface area contributed by atoms with Gasteiger partial charge in [0.15, 0.2) is 11.5 Å². The van der Waals surface area contributed by atoms with Gasteiger partial charge < -0.3 is 14.6 Å². The van der Waals surface area contributed by atoms with Crippen LogP contribution >= 0.6 is 0 Å². The van der Waals surface area contributed by atoms with Crippen LogP contribution < -0.4 is 9.47 Å². The molecule has 0 radical (unpaired) electrons. The molecule has 104 valence electrons. The van der Waals surface area contributed by atoms with Gasteiger partial charge in [0.1, 0.15) is 5.56 Å². The van der Waals surface area contributed by atoms with Gasteiger partial charge in [-0.25, -0.2) is 4.79 Å². The van der Waals surface area contributed by atoms with E-state index in [-0.39, 0.29) is 17.6 Å². The van der Waals surface area contributed by atoms with Crippen LogP contribution in [0.15, 0.2) is 12.1 Å². The molecule has 7 nitrogen and oxygen atoms in total. The predicted octanol–water partition coefficient (Wildman–Crippen LogP) is 2.48. The van der Waals surface area contributed by atoms with Crippen molar-refractivity contribution >= 4 is 11.7 Å². The summed E-state index contributed by atoms with van der Waals surface area (Å²) in [6, 6.07) is 2.17. The van der Waals surface area contributed by atoms with Gasteiger partial charge in [0, 0.05) is 6.07 Å². The lowest BCUT2D eigenvalue weighted by atomic mass is 10.1. The van der Waals surface area contributed by atoms with Crippen molar-refractivity contribution in [2.45, 2.75) is 26.4 Å². The monoisotopic (exact) mass is 269 g/mol. The summed E-state index contributed by atoms with van der Waals surface area (Å²) in [6.07, 6.45) is 0.543. The van der Waals surface area contributed by atoms with Crippen molar-refractivity contribution in [1.82, 2.24) is 0 Å². The van der Waals surface area contributed by atoms with Gasteiger partial charge in [-0.2, -0.15) is 0 Å². The second-order valence-electron chi connectivity index (χ2n) is 3.92. The Hall–Kier alpha value is -2.31. The number of carboxylic acid groups (broad SMARTS) is 1. The van der Waals surface area contributed by atoms with Crippen LogP contribution in [0, 0.1) is 10.1 Å². The maximum atomic E-state index is 11.0. The minimum absolute atomic E-state index is 0.156. The number of aromatic carboxylic acids is 1. The van der Waals surface area contributed by atoms with Crippen molar-refractivity contribution in [3.8, 4) is 11.5 Å². The third kappa shape index (κ3) is 3.34. The Morgan fingerprint density at radius 1 is 1.47 bits per heavy atom. The van der Waals surface area contributed by atoms with Gasteiger partial charge in [0.2, 0.25) is 0 Å². The summed E-state index contributed by atoms with van der Waals surface area (Å²) in [7, 11) is 1.34. The van der Waals surface area contributed by atoms with Gasteiger partial charge in [-0.15, -0.1) is 0 Å². The molecule has 1 aromatic carbocycles. The van der Waals surface area contributed by atoms with Gasteiger partial charge in [-0.3, -0.25) is 10.1 Å². The molecule has 0 spiro atoms. The molecule has 0 saturated heterocycles. The number of nitrogens with zero attached hydrogens (tertiary/aromatic N) is 1. The van der Waals surface area contributed by atoms with Crippen molar-refractivity contribution in [3.05, 3.63) is 27.8 Å². The Bertz CT molecular complexity index is 499. The molecule has 1 atom stereocenters. The van der Waals surface area contributed by atoms with E-state index in [0.717, 1.165) is 12.1 Å². The highest BCUT2D eigenvalue weighted by Crippen LogP contribution is 2.35. The molecule has 1 aromatic rings. The number of rotatable bonds is 6. The second-order valence-corrected chi connectivity index (χ2v) is 3.92. The maximum absolute atomic E-state index is 11.0. The van der Waals surface area contributed by atoms with Crippen LogP contribution in [0.25, 0.3) is 0 Å². The Balaban J connectivity index is 3.35. The quantitative estimate of drug-likeness (QED) is 0.629. The van der Waals surface area contributed by atoms with Crippen molar-refractivity contribution in [2.75, 3.05) is 7.11 Å². The third-order valence-electron chi connectivity index (χ3n) is 2.61. The molecule has 1 N–H and O–H groups in total. The average Bonchev–Trinajstić information content (AvgIpc) is 2.37. The first-order chi connectivity index (χ1) is 8.90. The van der Waals surface area contributed by atoms with Gasteiger partial charge in [0.25, 0.3) is 5.69 Å². The van der Waals surface area contributed by atoms with E-state index in [1.54, 1.807) is 6.92 Å². The molecule has 19 heavy (non-hydrogen) atoms. The van der Waals surface area contributed by atoms with Gasteiger partial charge in [0.05, 0.1) is 24.2 Å². The number of ether oxygens (including phenoxy) is 2. The maximum Gasteiger partial charge on any atom is 0.342 e. The number of carboxylic acids is 1. The highest BCUT2D eigenvalue weighted by atomic mass is 16.6. The Kier molecular flexibility index (Phi) is 4.68. The largest absolute Gasteiger partial charge is 0.493 e. The highest BCUT2D eigenvalue weighted by Gasteiger charge is 2.24. The summed E-state index contributed by atoms with van der Waals surface area (Å²) in [5.41, 5.74) is -0.954. The zero-order valence-electron chi connectivity index (χ0n) is 10.9. The van der Waals surface area contributed by atoms with E-state index in [1.807, 2.05) is 6.92 Å². The molecule has 0 heterocycles. The van der Waals surface area contributed by atoms with E-state index in [1.165, 1.54) is 7.11 Å². The first-order valence-electron chi connectivity index (χ1n) is 5.67. The van der Waals surface area contributed by atoms with Crippen LogP contribution in [-0.4, -0.2) is 29.2 Å². The number of carbonyl (C=O) groups is 1. The Morgan fingerprint density at radius 2 is 2.11 bits per heavy atom. The average molecular weight is 269 g/mol. The van der Waals surface area contributed by atoms with Crippen molar-refractivity contribution in [3.63, 3.8) is 0 Å². The molecule has 0 aliphatic rings. The smallest absolute Gasteiger partial charge is 0.342 e. The minimum Gasteiger partial charge on any atom is -0.493 e. The highest BCUT2D eigenvalue weighted by molar-refractivity contribution is 5.93. The Labute approximate surface area is 109 Å². The molecule has 0 fully saturated rings. The Morgan fingerprint density at radius 3 is 2.53 bits per heavy atom. The fourth-order valence-corrected chi connectivity index (χ4v) is 1.42. The van der Waals surface area contributed by atoms with E-state index >= 15 is 0 Å². The van der Waals surface area contributed by atoms with Crippen molar-refractivity contribution in [1.29, 1.82) is 0 Å². The number of hydrogen-bond donors (Lipinski definition) is 1. The summed E-state index contributed by atoms with van der Waals surface area (Å²) in [5.74, 6) is -1.07. The fraction of sp³-hybridized carbons (Fsp3) is 0.417. The van der Waals surface area contributed by atoms with Crippen LogP contribution in [0.4, 0.5) is 5.69 Å². The molecule has 0 saturated carbocycles. The number of benzene rings is 1. The SMILES string of the molecule is CCC(C)Oc1cc([N+](=O)[O-])c(C(=O)O)cc1OC. The lowest BCUT2D eigenvalue weighted by Crippen LogP contribution is -2.12. The van der Waals surface area contributed by atoms with Crippen molar-refractivity contribution < 1.29 is 24.3 Å². The molecule has 0 aliphatic carbocycles. The molecular weight excluding hydrogens is 254 g/mol. The van der Waals surface area contributed by atoms with Gasteiger partial charge in [-0.05, 0) is 13.3 Å². The predicted molar refractivity (Wildman–Crippen MR) is 67.0 cm³/mol. The molecule has 0 amide bonds. The van der Waals surface area contributed by atoms with Crippen LogP contribution in [0.5, 0.6) is 11.5 Å². The topological polar surface area (TPSA) is 98.9 Å². The van der Waals surface area contributed by atoms with Crippen LogP contribution in [-0.2, 0) is 0 Å². The summed E-state index contributed by atoms with van der Waals surface area (Å²) in [4.78, 5) is 21.1. The zero-order chi connectivity index (χ0) is 14.6. The number of hydrogen-bond acceptors (Lipinski definition) is 5. The summed E-state index contributed by atoms with van der Waals surface area (Å²) < 4.78 is 10.5. The van der Waals surface area contributed by atoms with E-state index < -0.39 is 22.1 Å². The fourth-order valence-electron chi connectivity index (χ4n) is 1.42. The normalized spacial score (nSPS) is 11.7. The standard InChI is InChI=1S/C12H15NO6/c1-4-7(2)19-11-6-9(13(16)17)8(12(14)15)5-10(11)18-3/h5-7H,4H2,1-3H3,(H,14,15). The summed E-state index contributed by atoms with van der Waals surface area (Å²) >= 11 is 0. The zero-order valence-corrected chi connectivity index (χ0v) is 10.9. The number of nitro groups is 1. The first-order valence-corrected chi connectivity index (χ1v) is 5.67. The molecule has 1 unspecified atom stereocenters. The lowest BCUT2D eigenvalue weighted by molar-refractivity contribution is -0.385. The molecular formula is C12H15NO6. The lowest BCUT2D eigenvalue weighted by Gasteiger charge is -2.15. The molecule has 7 heteroatoms. The van der Waals surface area contributed by atoms with E-state index in [9.17, 15) is 14.9 Å². The third-order valence-corrected chi connectivity index (χ3v) is 2.61. The van der Waals surface area contributed by atoms with E-state index in [2.05, 4.69) is 0 Å². The number of nitro benzene ring substituents is 1. The van der Waals surface area contributed by atoms with E-state index in [4.69, 9.17) is 14.6 Å². The van der Waals surface area contributed by atoms with Crippen LogP contribution in [0.2, 0.25) is 0 Å². The number of methoxy groups -OCH3 is 1. The van der Waals surface area contributed by atoms with Crippen molar-refractivity contribution in [2.24, 2.45) is 0 Å². The van der Waals surface area contributed by atoms with Gasteiger partial charge in [-0.1, -0.05) is 6.92 Å². The summed E-state index contributed by atoms with van der Waals surface area (Å²) in [6.45, 7) is 3.70. The minimum atomic E-state index is -1.39. The molecule has 0 aliphatic heterocycles. The van der Waals surface area contributed by atoms with E-state index in [0.29, 0.717) is 6.42 Å². The van der Waals surface area contributed by atoms with Crippen LogP contribution in [0.1, 0.15) is 30.6 Å². The molecule has 1 rings (SSSR count). The second kappa shape index (κ2) is 6.03. The molecule has 0 aromatic heterocycles. The van der Waals surface area contributed by atoms with Gasteiger partial charge >= 0.3 is 5.97 Å². The van der Waals surface area contributed by atoms with Crippen LogP contribution in [0.3, 0.4) is 0 Å².